The highest BCUT2D eigenvalue weighted by atomic mass is 32.2. The van der Waals surface area contributed by atoms with Crippen molar-refractivity contribution in [3.8, 4) is 0 Å². The van der Waals surface area contributed by atoms with Gasteiger partial charge in [-0.15, -0.1) is 0 Å². The minimum absolute atomic E-state index is 0.103. The molecule has 2 atom stereocenters. The van der Waals surface area contributed by atoms with Crippen LogP contribution in [0.3, 0.4) is 0 Å². The topological polar surface area (TPSA) is 108 Å². The Morgan fingerprint density at radius 2 is 1.97 bits per heavy atom. The van der Waals surface area contributed by atoms with E-state index in [0.29, 0.717) is 37.9 Å². The van der Waals surface area contributed by atoms with E-state index in [2.05, 4.69) is 15.6 Å². The lowest BCUT2D eigenvalue weighted by Gasteiger charge is -2.21. The van der Waals surface area contributed by atoms with Crippen LogP contribution in [-0.4, -0.2) is 55.6 Å². The Hall–Kier alpha value is -2.53. The molecule has 8 nitrogen and oxygen atoms in total. The van der Waals surface area contributed by atoms with Crippen LogP contribution in [0.25, 0.3) is 0 Å². The molecule has 11 heteroatoms. The van der Waals surface area contributed by atoms with Gasteiger partial charge in [0, 0.05) is 20.1 Å². The van der Waals surface area contributed by atoms with Crippen molar-refractivity contribution in [2.24, 2.45) is 5.92 Å². The number of amides is 3. The van der Waals surface area contributed by atoms with Crippen LogP contribution in [0.5, 0.6) is 0 Å². The molecule has 1 saturated heterocycles. The zero-order valence-corrected chi connectivity index (χ0v) is 19.2. The molecule has 2 aromatic rings. The van der Waals surface area contributed by atoms with E-state index in [1.165, 1.54) is 0 Å². The van der Waals surface area contributed by atoms with Gasteiger partial charge in [-0.3, -0.25) is 4.79 Å². The Morgan fingerprint density at radius 3 is 2.56 bits per heavy atom. The normalized spacial score (nSPS) is 19.6. The summed E-state index contributed by atoms with van der Waals surface area (Å²) in [5.74, 6) is -0.823. The highest BCUT2D eigenvalue weighted by Gasteiger charge is 2.37. The molecular weight excluding hydrogens is 455 g/mol. The maximum Gasteiger partial charge on any atom is 0.317 e. The molecule has 0 spiro atoms. The van der Waals surface area contributed by atoms with Crippen molar-refractivity contribution in [1.29, 1.82) is 0 Å². The molecule has 1 aliphatic carbocycles. The van der Waals surface area contributed by atoms with Crippen LogP contribution < -0.4 is 10.6 Å². The maximum absolute atomic E-state index is 13.3. The van der Waals surface area contributed by atoms with Crippen LogP contribution in [0, 0.1) is 11.0 Å². The Balaban J connectivity index is 1.54. The summed E-state index contributed by atoms with van der Waals surface area (Å²) >= 11 is 0.744. The maximum atomic E-state index is 13.3. The van der Waals surface area contributed by atoms with E-state index < -0.39 is 20.9 Å². The van der Waals surface area contributed by atoms with Crippen LogP contribution in [0.1, 0.15) is 37.2 Å². The first kappa shape index (κ1) is 22.7. The number of sulfone groups is 1. The molecule has 1 saturated carbocycles. The van der Waals surface area contributed by atoms with Crippen molar-refractivity contribution in [2.75, 3.05) is 25.5 Å². The van der Waals surface area contributed by atoms with Crippen LogP contribution in [0.4, 0.5) is 14.3 Å². The first-order valence-corrected chi connectivity index (χ1v) is 12.9. The third-order valence-corrected chi connectivity index (χ3v) is 8.93. The predicted octanol–water partition coefficient (Wildman–Crippen LogP) is 2.99. The summed E-state index contributed by atoms with van der Waals surface area (Å²) in [6, 6.07) is 6.30. The SMILES string of the molecule is CNC(=O)N1CCC(CC(C(=O)Nc2ncc(F)s2)c2ccc(S(=O)(=O)C3CC3)cc2)C1. The van der Waals surface area contributed by atoms with Gasteiger partial charge in [0.1, 0.15) is 0 Å². The number of urea groups is 1. The van der Waals surface area contributed by atoms with Gasteiger partial charge in [0.15, 0.2) is 20.1 Å². The van der Waals surface area contributed by atoms with Crippen molar-refractivity contribution in [1.82, 2.24) is 15.2 Å². The van der Waals surface area contributed by atoms with Crippen molar-refractivity contribution in [2.45, 2.75) is 41.7 Å². The van der Waals surface area contributed by atoms with Crippen LogP contribution in [-0.2, 0) is 14.6 Å². The third kappa shape index (κ3) is 4.93. The number of thiazole rings is 1. The number of anilines is 1. The van der Waals surface area contributed by atoms with E-state index in [0.717, 1.165) is 24.0 Å². The van der Waals surface area contributed by atoms with Crippen molar-refractivity contribution in [3.05, 3.63) is 41.2 Å². The van der Waals surface area contributed by atoms with Crippen molar-refractivity contribution in [3.63, 3.8) is 0 Å². The summed E-state index contributed by atoms with van der Waals surface area (Å²) in [4.78, 5) is 30.8. The van der Waals surface area contributed by atoms with Gasteiger partial charge in [0.05, 0.1) is 22.3 Å². The highest BCUT2D eigenvalue weighted by molar-refractivity contribution is 7.92. The summed E-state index contributed by atoms with van der Waals surface area (Å²) in [6.45, 7) is 1.14. The highest BCUT2D eigenvalue weighted by Crippen LogP contribution is 2.35. The van der Waals surface area contributed by atoms with Crippen LogP contribution in [0.15, 0.2) is 35.4 Å². The molecule has 172 valence electrons. The first-order chi connectivity index (χ1) is 15.3. The second-order valence-corrected chi connectivity index (χ2v) is 11.4. The van der Waals surface area contributed by atoms with E-state index in [9.17, 15) is 22.4 Å². The van der Waals surface area contributed by atoms with Gasteiger partial charge in [0.2, 0.25) is 5.91 Å². The zero-order chi connectivity index (χ0) is 22.9. The number of benzene rings is 1. The van der Waals surface area contributed by atoms with E-state index >= 15 is 0 Å². The van der Waals surface area contributed by atoms with E-state index in [4.69, 9.17) is 0 Å². The van der Waals surface area contributed by atoms with Crippen molar-refractivity contribution >= 4 is 38.2 Å². The molecular formula is C21H25FN4O4S2. The quantitative estimate of drug-likeness (QED) is 0.633. The van der Waals surface area contributed by atoms with Gasteiger partial charge < -0.3 is 15.5 Å². The number of halogens is 1. The average Bonchev–Trinajstić information content (AvgIpc) is 3.42. The molecule has 1 aliphatic heterocycles. The average molecular weight is 481 g/mol. The van der Waals surface area contributed by atoms with Gasteiger partial charge in [-0.1, -0.05) is 23.5 Å². The molecule has 2 fully saturated rings. The molecule has 4 rings (SSSR count). The molecule has 2 unspecified atom stereocenters. The van der Waals surface area contributed by atoms with E-state index in [-0.39, 0.29) is 33.1 Å². The second-order valence-electron chi connectivity index (χ2n) is 8.22. The second kappa shape index (κ2) is 9.14. The van der Waals surface area contributed by atoms with Gasteiger partial charge >= 0.3 is 6.03 Å². The van der Waals surface area contributed by atoms with E-state index in [1.54, 1.807) is 36.2 Å². The van der Waals surface area contributed by atoms with Crippen LogP contribution >= 0.6 is 11.3 Å². The molecule has 32 heavy (non-hydrogen) atoms. The monoisotopic (exact) mass is 480 g/mol. The Labute approximate surface area is 190 Å². The molecule has 2 N–H and O–H groups in total. The van der Waals surface area contributed by atoms with Crippen molar-refractivity contribution < 1.29 is 22.4 Å². The fourth-order valence-corrected chi connectivity index (χ4v) is 6.26. The van der Waals surface area contributed by atoms with Gasteiger partial charge in [-0.25, -0.2) is 18.2 Å². The van der Waals surface area contributed by atoms with E-state index in [1.807, 2.05) is 0 Å². The molecule has 0 bridgehead atoms. The number of hydrogen-bond donors (Lipinski definition) is 2. The fraction of sp³-hybridized carbons (Fsp3) is 0.476. The van der Waals surface area contributed by atoms with Gasteiger partial charge in [-0.05, 0) is 49.3 Å². The Morgan fingerprint density at radius 1 is 1.25 bits per heavy atom. The number of aromatic nitrogens is 1. The third-order valence-electron chi connectivity index (χ3n) is 5.95. The fourth-order valence-electron chi connectivity index (χ4n) is 4.06. The molecule has 2 aliphatic rings. The lowest BCUT2D eigenvalue weighted by atomic mass is 9.87. The number of carbonyl (C=O) groups excluding carboxylic acids is 2. The standard InChI is InChI=1S/C21H25FN4O4S2/c1-23-21(28)26-9-8-13(12-26)10-17(19(27)25-20-24-11-18(22)31-20)14-2-4-15(5-3-14)32(29,30)16-6-7-16/h2-5,11,13,16-17H,6-10,12H2,1H3,(H,23,28)(H,24,25,27). The number of nitrogens with one attached hydrogen (secondary N) is 2. The lowest BCUT2D eigenvalue weighted by molar-refractivity contribution is -0.118. The van der Waals surface area contributed by atoms with Gasteiger partial charge in [-0.2, -0.15) is 4.39 Å². The summed E-state index contributed by atoms with van der Waals surface area (Å²) in [5, 5.41) is 4.65. The summed E-state index contributed by atoms with van der Waals surface area (Å²) in [7, 11) is -1.74. The number of hydrogen-bond acceptors (Lipinski definition) is 6. The predicted molar refractivity (Wildman–Crippen MR) is 119 cm³/mol. The molecule has 1 aromatic carbocycles. The minimum atomic E-state index is -3.32. The molecule has 0 radical (unpaired) electrons. The molecule has 1 aromatic heterocycles. The minimum Gasteiger partial charge on any atom is -0.341 e. The molecule has 2 heterocycles. The van der Waals surface area contributed by atoms with Gasteiger partial charge in [0.25, 0.3) is 0 Å². The Bertz CT molecular complexity index is 1100. The number of rotatable bonds is 7. The summed E-state index contributed by atoms with van der Waals surface area (Å²) in [5.41, 5.74) is 0.674. The zero-order valence-electron chi connectivity index (χ0n) is 17.6. The number of likely N-dealkylation sites (tertiary alicyclic amines) is 1. The smallest absolute Gasteiger partial charge is 0.317 e. The lowest BCUT2D eigenvalue weighted by Crippen LogP contribution is -2.36. The first-order valence-electron chi connectivity index (χ1n) is 10.5. The summed E-state index contributed by atoms with van der Waals surface area (Å²) in [6.07, 6.45) is 3.65. The Kier molecular flexibility index (Phi) is 6.47. The van der Waals surface area contributed by atoms with Crippen LogP contribution in [0.2, 0.25) is 0 Å². The molecule has 3 amide bonds. The number of carbonyl (C=O) groups is 2. The largest absolute Gasteiger partial charge is 0.341 e. The number of nitrogens with zero attached hydrogens (tertiary/aromatic N) is 2. The summed E-state index contributed by atoms with van der Waals surface area (Å²) < 4.78 is 38.3.